The molecule has 0 radical (unpaired) electrons. The summed E-state index contributed by atoms with van der Waals surface area (Å²) >= 11 is 6.13. The van der Waals surface area contributed by atoms with Gasteiger partial charge in [0.15, 0.2) is 5.78 Å². The molecule has 2 nitrogen and oxygen atoms in total. The first-order chi connectivity index (χ1) is 8.61. The SMILES string of the molecule is CCc1occc1C(=O)Cc1ccc(C)cc1Cl. The van der Waals surface area contributed by atoms with Gasteiger partial charge in [-0.3, -0.25) is 4.79 Å². The molecule has 18 heavy (non-hydrogen) atoms. The van der Waals surface area contributed by atoms with Crippen LogP contribution in [0.4, 0.5) is 0 Å². The van der Waals surface area contributed by atoms with E-state index in [2.05, 4.69) is 0 Å². The average Bonchev–Trinajstić information content (AvgIpc) is 2.81. The van der Waals surface area contributed by atoms with Crippen LogP contribution in [0.15, 0.2) is 34.9 Å². The number of carbonyl (C=O) groups is 1. The fourth-order valence-corrected chi connectivity index (χ4v) is 2.23. The number of ketones is 1. The molecule has 0 aliphatic carbocycles. The molecule has 2 rings (SSSR count). The topological polar surface area (TPSA) is 30.2 Å². The number of halogens is 1. The number of aryl methyl sites for hydroxylation is 2. The molecule has 0 atom stereocenters. The van der Waals surface area contributed by atoms with E-state index in [0.717, 1.165) is 23.3 Å². The number of Topliss-reactive ketones (excluding diaryl/α,β-unsaturated/α-hetero) is 1. The van der Waals surface area contributed by atoms with Crippen LogP contribution in [0.2, 0.25) is 5.02 Å². The predicted octanol–water partition coefficient (Wildman–Crippen LogP) is 4.23. The minimum Gasteiger partial charge on any atom is -0.469 e. The lowest BCUT2D eigenvalue weighted by Crippen LogP contribution is -2.05. The number of rotatable bonds is 4. The van der Waals surface area contributed by atoms with Crippen molar-refractivity contribution >= 4 is 17.4 Å². The zero-order chi connectivity index (χ0) is 13.1. The zero-order valence-corrected chi connectivity index (χ0v) is 11.3. The minimum atomic E-state index is 0.0475. The first-order valence-corrected chi connectivity index (χ1v) is 6.34. The maximum atomic E-state index is 12.2. The summed E-state index contributed by atoms with van der Waals surface area (Å²) in [4.78, 5) is 12.2. The summed E-state index contributed by atoms with van der Waals surface area (Å²) in [6.07, 6.45) is 2.59. The van der Waals surface area contributed by atoms with Crippen molar-refractivity contribution in [3.05, 3.63) is 58.0 Å². The lowest BCUT2D eigenvalue weighted by molar-refractivity contribution is 0.0991. The van der Waals surface area contributed by atoms with Crippen molar-refractivity contribution in [2.45, 2.75) is 26.7 Å². The smallest absolute Gasteiger partial charge is 0.170 e. The lowest BCUT2D eigenvalue weighted by atomic mass is 10.0. The highest BCUT2D eigenvalue weighted by Crippen LogP contribution is 2.21. The molecule has 3 heteroatoms. The molecule has 0 aliphatic heterocycles. The largest absolute Gasteiger partial charge is 0.469 e. The predicted molar refractivity (Wildman–Crippen MR) is 72.3 cm³/mol. The van der Waals surface area contributed by atoms with E-state index >= 15 is 0 Å². The highest BCUT2D eigenvalue weighted by Gasteiger charge is 2.15. The molecule has 0 amide bonds. The molecular formula is C15H15ClO2. The van der Waals surface area contributed by atoms with Gasteiger partial charge in [-0.05, 0) is 30.2 Å². The Morgan fingerprint density at radius 2 is 2.11 bits per heavy atom. The van der Waals surface area contributed by atoms with Gasteiger partial charge in [-0.1, -0.05) is 30.7 Å². The van der Waals surface area contributed by atoms with Gasteiger partial charge in [0.05, 0.1) is 11.8 Å². The van der Waals surface area contributed by atoms with Crippen LogP contribution in [0.3, 0.4) is 0 Å². The van der Waals surface area contributed by atoms with Crippen LogP contribution in [0.25, 0.3) is 0 Å². The second kappa shape index (κ2) is 5.40. The van der Waals surface area contributed by atoms with Gasteiger partial charge < -0.3 is 4.42 Å². The van der Waals surface area contributed by atoms with Crippen LogP contribution in [-0.4, -0.2) is 5.78 Å². The van der Waals surface area contributed by atoms with E-state index in [1.165, 1.54) is 0 Å². The summed E-state index contributed by atoms with van der Waals surface area (Å²) < 4.78 is 5.27. The van der Waals surface area contributed by atoms with Gasteiger partial charge in [-0.2, -0.15) is 0 Å². The van der Waals surface area contributed by atoms with Crippen molar-refractivity contribution in [3.63, 3.8) is 0 Å². The molecule has 94 valence electrons. The molecule has 2 aromatic rings. The molecular weight excluding hydrogens is 248 g/mol. The first kappa shape index (κ1) is 12.9. The van der Waals surface area contributed by atoms with Crippen molar-refractivity contribution < 1.29 is 9.21 Å². The highest BCUT2D eigenvalue weighted by molar-refractivity contribution is 6.31. The number of hydrogen-bond donors (Lipinski definition) is 0. The summed E-state index contributed by atoms with van der Waals surface area (Å²) in [6, 6.07) is 7.47. The lowest BCUT2D eigenvalue weighted by Gasteiger charge is -2.04. The Kier molecular flexibility index (Phi) is 3.87. The van der Waals surface area contributed by atoms with E-state index in [4.69, 9.17) is 16.0 Å². The second-order valence-electron chi connectivity index (χ2n) is 4.31. The molecule has 0 saturated carbocycles. The molecule has 1 aromatic heterocycles. The van der Waals surface area contributed by atoms with E-state index < -0.39 is 0 Å². The monoisotopic (exact) mass is 262 g/mol. The Labute approximate surface area is 112 Å². The Balaban J connectivity index is 2.21. The van der Waals surface area contributed by atoms with Crippen molar-refractivity contribution in [3.8, 4) is 0 Å². The van der Waals surface area contributed by atoms with Crippen molar-refractivity contribution in [1.29, 1.82) is 0 Å². The van der Waals surface area contributed by atoms with Gasteiger partial charge in [0.2, 0.25) is 0 Å². The van der Waals surface area contributed by atoms with Gasteiger partial charge in [0, 0.05) is 17.9 Å². The molecule has 1 heterocycles. The molecule has 0 fully saturated rings. The maximum absolute atomic E-state index is 12.2. The first-order valence-electron chi connectivity index (χ1n) is 5.96. The van der Waals surface area contributed by atoms with Gasteiger partial charge in [0.25, 0.3) is 0 Å². The van der Waals surface area contributed by atoms with Crippen LogP contribution >= 0.6 is 11.6 Å². The Hall–Kier alpha value is -1.54. The number of benzene rings is 1. The quantitative estimate of drug-likeness (QED) is 0.772. The third-order valence-electron chi connectivity index (χ3n) is 2.93. The fraction of sp³-hybridized carbons (Fsp3) is 0.267. The minimum absolute atomic E-state index is 0.0475. The van der Waals surface area contributed by atoms with Crippen molar-refractivity contribution in [2.75, 3.05) is 0 Å². The Morgan fingerprint density at radius 1 is 1.33 bits per heavy atom. The van der Waals surface area contributed by atoms with E-state index in [0.29, 0.717) is 17.0 Å². The van der Waals surface area contributed by atoms with Gasteiger partial charge in [-0.25, -0.2) is 0 Å². The zero-order valence-electron chi connectivity index (χ0n) is 10.5. The second-order valence-corrected chi connectivity index (χ2v) is 4.71. The van der Waals surface area contributed by atoms with Crippen LogP contribution in [0, 0.1) is 6.92 Å². The summed E-state index contributed by atoms with van der Waals surface area (Å²) in [7, 11) is 0. The van der Waals surface area contributed by atoms with E-state index in [-0.39, 0.29) is 5.78 Å². The molecule has 0 unspecified atom stereocenters. The fourth-order valence-electron chi connectivity index (χ4n) is 1.93. The van der Waals surface area contributed by atoms with Crippen LogP contribution < -0.4 is 0 Å². The Morgan fingerprint density at radius 3 is 2.78 bits per heavy atom. The summed E-state index contributed by atoms with van der Waals surface area (Å²) in [5.41, 5.74) is 2.61. The Bertz CT molecular complexity index is 570. The summed E-state index contributed by atoms with van der Waals surface area (Å²) in [6.45, 7) is 3.94. The van der Waals surface area contributed by atoms with Crippen LogP contribution in [0.5, 0.6) is 0 Å². The van der Waals surface area contributed by atoms with Crippen molar-refractivity contribution in [2.24, 2.45) is 0 Å². The standard InChI is InChI=1S/C15H15ClO2/c1-3-15-12(6-7-18-15)14(17)9-11-5-4-10(2)8-13(11)16/h4-8H,3,9H2,1-2H3. The van der Waals surface area contributed by atoms with Crippen molar-refractivity contribution in [1.82, 2.24) is 0 Å². The maximum Gasteiger partial charge on any atom is 0.170 e. The van der Waals surface area contributed by atoms with E-state index in [1.54, 1.807) is 12.3 Å². The molecule has 0 spiro atoms. The van der Waals surface area contributed by atoms with E-state index in [9.17, 15) is 4.79 Å². The normalized spacial score (nSPS) is 10.6. The molecule has 0 aliphatic rings. The van der Waals surface area contributed by atoms with Crippen LogP contribution in [-0.2, 0) is 12.8 Å². The van der Waals surface area contributed by atoms with Gasteiger partial charge in [-0.15, -0.1) is 0 Å². The highest BCUT2D eigenvalue weighted by atomic mass is 35.5. The third-order valence-corrected chi connectivity index (χ3v) is 3.28. The molecule has 1 aromatic carbocycles. The molecule has 0 N–H and O–H groups in total. The van der Waals surface area contributed by atoms with Gasteiger partial charge in [0.1, 0.15) is 5.76 Å². The average molecular weight is 263 g/mol. The number of carbonyl (C=O) groups excluding carboxylic acids is 1. The third kappa shape index (κ3) is 2.65. The van der Waals surface area contributed by atoms with E-state index in [1.807, 2.05) is 32.0 Å². The van der Waals surface area contributed by atoms with Crippen LogP contribution in [0.1, 0.15) is 34.2 Å². The number of hydrogen-bond acceptors (Lipinski definition) is 2. The van der Waals surface area contributed by atoms with Gasteiger partial charge >= 0.3 is 0 Å². The summed E-state index contributed by atoms with van der Waals surface area (Å²) in [5.74, 6) is 0.787. The number of furan rings is 1. The summed E-state index contributed by atoms with van der Waals surface area (Å²) in [5, 5.41) is 0.643. The molecule has 0 saturated heterocycles. The molecule has 0 bridgehead atoms.